The third-order valence-electron chi connectivity index (χ3n) is 3.00. The standard InChI is InChI=1S/C14H13ClN2O2/c1-9-3-2-4-12(16-9)13-14(19-13)17(18)11-7-5-10(15)6-8-11/h2-8,13-14,18H,1H3. The first-order valence-corrected chi connectivity index (χ1v) is 6.35. The van der Waals surface area contributed by atoms with Crippen LogP contribution in [0.15, 0.2) is 42.5 Å². The van der Waals surface area contributed by atoms with Crippen molar-refractivity contribution in [2.24, 2.45) is 0 Å². The molecule has 0 radical (unpaired) electrons. The molecule has 0 amide bonds. The minimum atomic E-state index is -0.393. The first-order valence-electron chi connectivity index (χ1n) is 5.98. The number of halogens is 1. The van der Waals surface area contributed by atoms with Gasteiger partial charge in [0.05, 0.1) is 11.4 Å². The maximum atomic E-state index is 10.1. The van der Waals surface area contributed by atoms with Crippen LogP contribution in [0.3, 0.4) is 0 Å². The SMILES string of the molecule is Cc1cccc(C2OC2N(O)c2ccc(Cl)cc2)n1. The number of epoxide rings is 1. The van der Waals surface area contributed by atoms with Gasteiger partial charge >= 0.3 is 0 Å². The van der Waals surface area contributed by atoms with E-state index in [-0.39, 0.29) is 6.10 Å². The Hall–Kier alpha value is -1.62. The van der Waals surface area contributed by atoms with Gasteiger partial charge in [0.1, 0.15) is 6.10 Å². The number of nitrogens with zero attached hydrogens (tertiary/aromatic N) is 2. The van der Waals surface area contributed by atoms with Crippen molar-refractivity contribution in [1.82, 2.24) is 4.98 Å². The fourth-order valence-electron chi connectivity index (χ4n) is 1.97. The van der Waals surface area contributed by atoms with Crippen molar-refractivity contribution in [1.29, 1.82) is 0 Å². The molecule has 2 heterocycles. The minimum Gasteiger partial charge on any atom is -0.339 e. The van der Waals surface area contributed by atoms with Gasteiger partial charge in [-0.2, -0.15) is 0 Å². The second-order valence-electron chi connectivity index (χ2n) is 4.47. The summed E-state index contributed by atoms with van der Waals surface area (Å²) in [6.07, 6.45) is -0.587. The van der Waals surface area contributed by atoms with E-state index in [1.165, 1.54) is 0 Å². The summed E-state index contributed by atoms with van der Waals surface area (Å²) in [5, 5.41) is 11.8. The largest absolute Gasteiger partial charge is 0.339 e. The number of benzene rings is 1. The Morgan fingerprint density at radius 2 is 1.95 bits per heavy atom. The van der Waals surface area contributed by atoms with Gasteiger partial charge in [0.25, 0.3) is 0 Å². The Labute approximate surface area is 116 Å². The number of rotatable bonds is 3. The molecule has 1 aromatic carbocycles. The lowest BCUT2D eigenvalue weighted by molar-refractivity contribution is 0.200. The Morgan fingerprint density at radius 3 is 2.63 bits per heavy atom. The molecular formula is C14H13ClN2O2. The molecular weight excluding hydrogens is 264 g/mol. The highest BCUT2D eigenvalue weighted by atomic mass is 35.5. The lowest BCUT2D eigenvalue weighted by Crippen LogP contribution is -2.22. The van der Waals surface area contributed by atoms with Crippen molar-refractivity contribution in [3.05, 3.63) is 58.9 Å². The van der Waals surface area contributed by atoms with Crippen LogP contribution >= 0.6 is 11.6 Å². The highest BCUT2D eigenvalue weighted by Crippen LogP contribution is 2.41. The molecule has 98 valence electrons. The van der Waals surface area contributed by atoms with Gasteiger partial charge in [0.15, 0.2) is 6.23 Å². The second kappa shape index (κ2) is 4.81. The summed E-state index contributed by atoms with van der Waals surface area (Å²) in [5.74, 6) is 0. The molecule has 1 aromatic heterocycles. The third kappa shape index (κ3) is 2.56. The number of hydroxylamine groups is 1. The zero-order chi connectivity index (χ0) is 13.4. The van der Waals surface area contributed by atoms with E-state index in [1.807, 2.05) is 25.1 Å². The van der Waals surface area contributed by atoms with Crippen molar-refractivity contribution >= 4 is 17.3 Å². The van der Waals surface area contributed by atoms with Crippen molar-refractivity contribution in [2.75, 3.05) is 5.06 Å². The number of anilines is 1. The summed E-state index contributed by atoms with van der Waals surface area (Å²) >= 11 is 5.81. The Kier molecular flexibility index (Phi) is 3.14. The summed E-state index contributed by atoms with van der Waals surface area (Å²) in [7, 11) is 0. The summed E-state index contributed by atoms with van der Waals surface area (Å²) in [6.45, 7) is 1.93. The number of aromatic nitrogens is 1. The van der Waals surface area contributed by atoms with Gasteiger partial charge in [-0.3, -0.25) is 10.2 Å². The van der Waals surface area contributed by atoms with Crippen LogP contribution < -0.4 is 5.06 Å². The Balaban J connectivity index is 1.74. The van der Waals surface area contributed by atoms with E-state index < -0.39 is 6.23 Å². The van der Waals surface area contributed by atoms with E-state index in [2.05, 4.69) is 4.98 Å². The van der Waals surface area contributed by atoms with Crippen molar-refractivity contribution in [3.8, 4) is 0 Å². The lowest BCUT2D eigenvalue weighted by atomic mass is 10.2. The zero-order valence-corrected chi connectivity index (χ0v) is 11.1. The number of aryl methyl sites for hydroxylation is 1. The number of hydrogen-bond acceptors (Lipinski definition) is 4. The molecule has 3 rings (SSSR count). The molecule has 1 aliphatic heterocycles. The average molecular weight is 277 g/mol. The molecule has 2 atom stereocenters. The number of ether oxygens (including phenoxy) is 1. The van der Waals surface area contributed by atoms with Crippen LogP contribution in [0.2, 0.25) is 5.02 Å². The fraction of sp³-hybridized carbons (Fsp3) is 0.214. The Bertz CT molecular complexity index is 588. The van der Waals surface area contributed by atoms with E-state index in [4.69, 9.17) is 16.3 Å². The van der Waals surface area contributed by atoms with E-state index in [9.17, 15) is 5.21 Å². The molecule has 4 nitrogen and oxygen atoms in total. The molecule has 0 bridgehead atoms. The van der Waals surface area contributed by atoms with Crippen molar-refractivity contribution < 1.29 is 9.94 Å². The highest BCUT2D eigenvalue weighted by Gasteiger charge is 2.46. The topological polar surface area (TPSA) is 48.9 Å². The summed E-state index contributed by atoms with van der Waals surface area (Å²) in [4.78, 5) is 4.39. The highest BCUT2D eigenvalue weighted by molar-refractivity contribution is 6.30. The monoisotopic (exact) mass is 276 g/mol. The summed E-state index contributed by atoms with van der Waals surface area (Å²) in [5.41, 5.74) is 2.41. The molecule has 0 aliphatic carbocycles. The third-order valence-corrected chi connectivity index (χ3v) is 3.25. The van der Waals surface area contributed by atoms with Crippen LogP contribution in [0.25, 0.3) is 0 Å². The normalized spacial score (nSPS) is 21.2. The summed E-state index contributed by atoms with van der Waals surface area (Å²) < 4.78 is 5.48. The molecule has 1 aliphatic rings. The predicted molar refractivity (Wildman–Crippen MR) is 72.3 cm³/mol. The van der Waals surface area contributed by atoms with Gasteiger partial charge in [-0.25, -0.2) is 5.06 Å². The number of pyridine rings is 1. The average Bonchev–Trinajstić information content (AvgIpc) is 3.19. The molecule has 1 N–H and O–H groups in total. The van der Waals surface area contributed by atoms with Crippen molar-refractivity contribution in [3.63, 3.8) is 0 Å². The van der Waals surface area contributed by atoms with Gasteiger partial charge in [-0.05, 0) is 43.3 Å². The van der Waals surface area contributed by atoms with Crippen molar-refractivity contribution in [2.45, 2.75) is 19.3 Å². The summed E-state index contributed by atoms with van der Waals surface area (Å²) in [6, 6.07) is 12.7. The van der Waals surface area contributed by atoms with Gasteiger partial charge in [0.2, 0.25) is 0 Å². The Morgan fingerprint density at radius 1 is 1.21 bits per heavy atom. The van der Waals surface area contributed by atoms with Crippen LogP contribution in [0.1, 0.15) is 17.5 Å². The van der Waals surface area contributed by atoms with Crippen LogP contribution in [0, 0.1) is 6.92 Å². The first-order chi connectivity index (χ1) is 9.15. The molecule has 2 aromatic rings. The van der Waals surface area contributed by atoms with Gasteiger partial charge in [0, 0.05) is 10.7 Å². The molecule has 0 spiro atoms. The molecule has 1 fully saturated rings. The predicted octanol–water partition coefficient (Wildman–Crippen LogP) is 3.34. The molecule has 5 heteroatoms. The van der Waals surface area contributed by atoms with Gasteiger partial charge < -0.3 is 4.74 Å². The van der Waals surface area contributed by atoms with Gasteiger partial charge in [-0.1, -0.05) is 17.7 Å². The van der Waals surface area contributed by atoms with E-state index in [1.54, 1.807) is 24.3 Å². The molecule has 1 saturated heterocycles. The van der Waals surface area contributed by atoms with Gasteiger partial charge in [-0.15, -0.1) is 0 Å². The number of hydrogen-bond donors (Lipinski definition) is 1. The van der Waals surface area contributed by atoms with E-state index >= 15 is 0 Å². The van der Waals surface area contributed by atoms with Crippen LogP contribution in [0.4, 0.5) is 5.69 Å². The maximum Gasteiger partial charge on any atom is 0.186 e. The quantitative estimate of drug-likeness (QED) is 0.690. The minimum absolute atomic E-state index is 0.194. The molecule has 19 heavy (non-hydrogen) atoms. The van der Waals surface area contributed by atoms with E-state index in [0.29, 0.717) is 10.7 Å². The second-order valence-corrected chi connectivity index (χ2v) is 4.91. The zero-order valence-electron chi connectivity index (χ0n) is 10.3. The van der Waals surface area contributed by atoms with Crippen LogP contribution in [-0.4, -0.2) is 16.4 Å². The lowest BCUT2D eigenvalue weighted by Gasteiger charge is -2.14. The fourth-order valence-corrected chi connectivity index (χ4v) is 2.10. The van der Waals surface area contributed by atoms with E-state index in [0.717, 1.165) is 16.5 Å². The maximum absolute atomic E-state index is 10.1. The van der Waals surface area contributed by atoms with Crippen LogP contribution in [0.5, 0.6) is 0 Å². The smallest absolute Gasteiger partial charge is 0.186 e. The molecule has 2 unspecified atom stereocenters. The van der Waals surface area contributed by atoms with Crippen LogP contribution in [-0.2, 0) is 4.74 Å². The molecule has 0 saturated carbocycles. The first kappa shape index (κ1) is 12.4.